The summed E-state index contributed by atoms with van der Waals surface area (Å²) in [6.07, 6.45) is 0.356. The summed E-state index contributed by atoms with van der Waals surface area (Å²) < 4.78 is 14.0. The topological polar surface area (TPSA) is 29.1 Å². The average molecular weight is 368 g/mol. The molecular weight excluding hydrogens is 348 g/mol. The van der Waals surface area contributed by atoms with Crippen molar-refractivity contribution < 1.29 is 9.18 Å². The Bertz CT molecular complexity index is 748. The molecule has 0 bridgehead atoms. The van der Waals surface area contributed by atoms with Crippen molar-refractivity contribution in [1.29, 1.82) is 0 Å². The van der Waals surface area contributed by atoms with Gasteiger partial charge in [-0.2, -0.15) is 0 Å². The van der Waals surface area contributed by atoms with E-state index in [0.29, 0.717) is 11.4 Å². The SMILES string of the molecule is CNc1cc(Cl)c(F)cc1C(C)C(CC(C)=O)c1cccc(Cl)c1. The van der Waals surface area contributed by atoms with Crippen LogP contribution in [-0.2, 0) is 4.79 Å². The van der Waals surface area contributed by atoms with Crippen LogP contribution in [0.25, 0.3) is 0 Å². The van der Waals surface area contributed by atoms with E-state index in [4.69, 9.17) is 23.2 Å². The minimum Gasteiger partial charge on any atom is -0.388 e. The predicted octanol–water partition coefficient (Wildman–Crippen LogP) is 6.04. The molecule has 5 heteroatoms. The first-order valence-corrected chi connectivity index (χ1v) is 8.50. The number of carbonyl (C=O) groups is 1. The normalized spacial score (nSPS) is 13.4. The highest BCUT2D eigenvalue weighted by atomic mass is 35.5. The maximum atomic E-state index is 14.0. The second kappa shape index (κ2) is 8.00. The molecule has 0 heterocycles. The van der Waals surface area contributed by atoms with E-state index >= 15 is 0 Å². The van der Waals surface area contributed by atoms with Gasteiger partial charge in [-0.25, -0.2) is 4.39 Å². The van der Waals surface area contributed by atoms with Gasteiger partial charge in [-0.15, -0.1) is 0 Å². The Balaban J connectivity index is 2.50. The Labute approximate surface area is 152 Å². The monoisotopic (exact) mass is 367 g/mol. The van der Waals surface area contributed by atoms with Gasteiger partial charge in [0.15, 0.2) is 0 Å². The number of halogens is 3. The molecule has 2 nitrogen and oxygen atoms in total. The molecule has 0 fully saturated rings. The largest absolute Gasteiger partial charge is 0.388 e. The number of benzene rings is 2. The molecule has 2 unspecified atom stereocenters. The summed E-state index contributed by atoms with van der Waals surface area (Å²) >= 11 is 12.0. The predicted molar refractivity (Wildman–Crippen MR) is 98.9 cm³/mol. The highest BCUT2D eigenvalue weighted by Crippen LogP contribution is 2.40. The van der Waals surface area contributed by atoms with Crippen LogP contribution >= 0.6 is 23.2 Å². The fourth-order valence-corrected chi connectivity index (χ4v) is 3.36. The van der Waals surface area contributed by atoms with E-state index in [-0.39, 0.29) is 22.6 Å². The van der Waals surface area contributed by atoms with Crippen LogP contribution in [0.1, 0.15) is 43.2 Å². The number of hydrogen-bond acceptors (Lipinski definition) is 2. The number of carbonyl (C=O) groups excluding carboxylic acids is 1. The maximum Gasteiger partial charge on any atom is 0.142 e. The van der Waals surface area contributed by atoms with Crippen LogP contribution in [0.4, 0.5) is 10.1 Å². The van der Waals surface area contributed by atoms with E-state index in [1.54, 1.807) is 26.1 Å². The van der Waals surface area contributed by atoms with Crippen molar-refractivity contribution >= 4 is 34.7 Å². The number of anilines is 1. The molecule has 2 rings (SSSR count). The molecule has 0 saturated heterocycles. The summed E-state index contributed by atoms with van der Waals surface area (Å²) in [5, 5.41) is 3.74. The molecule has 0 radical (unpaired) electrons. The minimum absolute atomic E-state index is 0.0705. The zero-order valence-corrected chi connectivity index (χ0v) is 15.4. The third-order valence-electron chi connectivity index (χ3n) is 4.24. The minimum atomic E-state index is -0.467. The molecule has 0 aliphatic carbocycles. The molecule has 2 aromatic carbocycles. The van der Waals surface area contributed by atoms with Crippen LogP contribution in [0.2, 0.25) is 10.0 Å². The first-order chi connectivity index (χ1) is 11.3. The summed E-state index contributed by atoms with van der Waals surface area (Å²) in [4.78, 5) is 11.8. The van der Waals surface area contributed by atoms with Crippen LogP contribution in [0, 0.1) is 5.82 Å². The molecule has 0 amide bonds. The summed E-state index contributed by atoms with van der Waals surface area (Å²) in [6.45, 7) is 3.55. The van der Waals surface area contributed by atoms with E-state index in [0.717, 1.165) is 16.8 Å². The van der Waals surface area contributed by atoms with E-state index in [9.17, 15) is 9.18 Å². The molecule has 2 aromatic rings. The Hall–Kier alpha value is -1.58. The molecule has 0 spiro atoms. The number of rotatable bonds is 6. The Morgan fingerprint density at radius 3 is 2.54 bits per heavy atom. The third-order valence-corrected chi connectivity index (χ3v) is 4.76. The van der Waals surface area contributed by atoms with Crippen molar-refractivity contribution in [2.75, 3.05) is 12.4 Å². The second-order valence-corrected chi connectivity index (χ2v) is 6.80. The maximum absolute atomic E-state index is 14.0. The molecule has 0 aliphatic rings. The number of Topliss-reactive ketones (excluding diaryl/α,β-unsaturated/α-hetero) is 1. The Kier molecular flexibility index (Phi) is 6.25. The van der Waals surface area contributed by atoms with Crippen molar-refractivity contribution in [3.63, 3.8) is 0 Å². The van der Waals surface area contributed by atoms with Gasteiger partial charge in [-0.1, -0.05) is 42.3 Å². The van der Waals surface area contributed by atoms with Crippen molar-refractivity contribution in [2.45, 2.75) is 32.1 Å². The second-order valence-electron chi connectivity index (χ2n) is 5.96. The summed E-state index contributed by atoms with van der Waals surface area (Å²) in [7, 11) is 1.76. The first-order valence-electron chi connectivity index (χ1n) is 7.75. The van der Waals surface area contributed by atoms with Crippen molar-refractivity contribution in [1.82, 2.24) is 0 Å². The van der Waals surface area contributed by atoms with Crippen molar-refractivity contribution in [3.8, 4) is 0 Å². The van der Waals surface area contributed by atoms with Crippen molar-refractivity contribution in [2.24, 2.45) is 0 Å². The molecule has 24 heavy (non-hydrogen) atoms. The van der Waals surface area contributed by atoms with E-state index in [2.05, 4.69) is 5.32 Å². The van der Waals surface area contributed by atoms with Crippen LogP contribution in [0.5, 0.6) is 0 Å². The van der Waals surface area contributed by atoms with Gasteiger partial charge in [0.2, 0.25) is 0 Å². The van der Waals surface area contributed by atoms with Crippen LogP contribution in [0.15, 0.2) is 36.4 Å². The molecule has 0 saturated carbocycles. The molecule has 0 aliphatic heterocycles. The highest BCUT2D eigenvalue weighted by Gasteiger charge is 2.25. The van der Waals surface area contributed by atoms with E-state index in [1.807, 2.05) is 25.1 Å². The fourth-order valence-electron chi connectivity index (χ4n) is 3.00. The van der Waals surface area contributed by atoms with E-state index in [1.165, 1.54) is 6.07 Å². The lowest BCUT2D eigenvalue weighted by atomic mass is 9.79. The van der Waals surface area contributed by atoms with Gasteiger partial charge in [-0.05, 0) is 54.2 Å². The summed E-state index contributed by atoms with van der Waals surface area (Å²) in [6, 6.07) is 10.5. The molecule has 2 atom stereocenters. The lowest BCUT2D eigenvalue weighted by molar-refractivity contribution is -0.117. The standard InChI is InChI=1S/C19H20Cl2FNO/c1-11(24)7-15(13-5-4-6-14(20)8-13)12(2)16-9-18(22)17(21)10-19(16)23-3/h4-6,8-10,12,15,23H,7H2,1-3H3. The van der Waals surface area contributed by atoms with Crippen LogP contribution in [0.3, 0.4) is 0 Å². The lowest BCUT2D eigenvalue weighted by Crippen LogP contribution is -2.14. The van der Waals surface area contributed by atoms with Crippen molar-refractivity contribution in [3.05, 3.63) is 63.4 Å². The average Bonchev–Trinajstić information content (AvgIpc) is 2.54. The Morgan fingerprint density at radius 1 is 1.25 bits per heavy atom. The van der Waals surface area contributed by atoms with Gasteiger partial charge in [0.05, 0.1) is 5.02 Å². The summed E-state index contributed by atoms with van der Waals surface area (Å²) in [5.74, 6) is -0.590. The Morgan fingerprint density at radius 2 is 1.96 bits per heavy atom. The quantitative estimate of drug-likeness (QED) is 0.673. The molecular formula is C19H20Cl2FNO. The first kappa shape index (κ1) is 18.8. The number of ketones is 1. The van der Waals surface area contributed by atoms with Crippen LogP contribution < -0.4 is 5.32 Å². The van der Waals surface area contributed by atoms with Gasteiger partial charge in [0.1, 0.15) is 11.6 Å². The lowest BCUT2D eigenvalue weighted by Gasteiger charge is -2.26. The molecule has 128 valence electrons. The smallest absolute Gasteiger partial charge is 0.142 e. The van der Waals surface area contributed by atoms with Gasteiger partial charge in [-0.3, -0.25) is 0 Å². The molecule has 0 aromatic heterocycles. The highest BCUT2D eigenvalue weighted by molar-refractivity contribution is 6.31. The molecule has 1 N–H and O–H groups in total. The summed E-state index contributed by atoms with van der Waals surface area (Å²) in [5.41, 5.74) is 2.50. The number of nitrogens with one attached hydrogen (secondary N) is 1. The van der Waals surface area contributed by atoms with Crippen LogP contribution in [-0.4, -0.2) is 12.8 Å². The van der Waals surface area contributed by atoms with E-state index < -0.39 is 5.82 Å². The fraction of sp³-hybridized carbons (Fsp3) is 0.316. The number of hydrogen-bond donors (Lipinski definition) is 1. The van der Waals surface area contributed by atoms with Gasteiger partial charge in [0, 0.05) is 24.2 Å². The zero-order valence-electron chi connectivity index (χ0n) is 13.9. The van der Waals surface area contributed by atoms with Gasteiger partial charge in [0.25, 0.3) is 0 Å². The van der Waals surface area contributed by atoms with Gasteiger partial charge >= 0.3 is 0 Å². The third kappa shape index (κ3) is 4.28. The zero-order chi connectivity index (χ0) is 17.9. The van der Waals surface area contributed by atoms with Gasteiger partial charge < -0.3 is 10.1 Å².